The quantitative estimate of drug-likeness (QED) is 0.542. The molecule has 1 aromatic carbocycles. The summed E-state index contributed by atoms with van der Waals surface area (Å²) in [6, 6.07) is 7.71. The summed E-state index contributed by atoms with van der Waals surface area (Å²) in [5, 5.41) is 8.36. The Hall–Kier alpha value is -1.35. The Morgan fingerprint density at radius 1 is 1.38 bits per heavy atom. The van der Waals surface area contributed by atoms with Crippen molar-refractivity contribution in [3.8, 4) is 0 Å². The molecule has 70 valence electrons. The summed E-state index contributed by atoms with van der Waals surface area (Å²) in [6.07, 6.45) is 1.13. The number of rotatable bonds is 3. The first kappa shape index (κ1) is 9.74. The van der Waals surface area contributed by atoms with Crippen molar-refractivity contribution in [1.82, 2.24) is 5.48 Å². The molecule has 0 saturated carbocycles. The zero-order valence-corrected chi connectivity index (χ0v) is 7.58. The highest BCUT2D eigenvalue weighted by atomic mass is 16.5. The van der Waals surface area contributed by atoms with Gasteiger partial charge in [0.1, 0.15) is 0 Å². The monoisotopic (exact) mass is 179 g/mol. The smallest absolute Gasteiger partial charge is 0.247 e. The Morgan fingerprint density at radius 2 is 2.00 bits per heavy atom. The van der Waals surface area contributed by atoms with E-state index in [1.54, 1.807) is 5.48 Å². The maximum Gasteiger partial charge on any atom is 0.247 e. The van der Waals surface area contributed by atoms with Gasteiger partial charge in [-0.3, -0.25) is 10.0 Å². The second-order valence-corrected chi connectivity index (χ2v) is 2.83. The van der Waals surface area contributed by atoms with E-state index in [1.807, 2.05) is 31.2 Å². The first-order valence-corrected chi connectivity index (χ1v) is 4.27. The number of aryl methyl sites for hydroxylation is 1. The molecular formula is C10H13NO2. The Bertz CT molecular complexity index is 297. The Labute approximate surface area is 77.4 Å². The van der Waals surface area contributed by atoms with Gasteiger partial charge in [0, 0.05) is 0 Å². The van der Waals surface area contributed by atoms with Crippen molar-refractivity contribution in [2.24, 2.45) is 0 Å². The zero-order valence-electron chi connectivity index (χ0n) is 7.58. The predicted octanol–water partition coefficient (Wildman–Crippen LogP) is 1.30. The van der Waals surface area contributed by atoms with Gasteiger partial charge in [0.25, 0.3) is 0 Å². The molecule has 0 unspecified atom stereocenters. The molecule has 0 heterocycles. The number of benzene rings is 1. The van der Waals surface area contributed by atoms with E-state index in [-0.39, 0.29) is 12.3 Å². The van der Waals surface area contributed by atoms with Gasteiger partial charge in [-0.25, -0.2) is 5.48 Å². The molecule has 0 aliphatic heterocycles. The number of hydroxylamine groups is 1. The van der Waals surface area contributed by atoms with Gasteiger partial charge in [0.2, 0.25) is 5.91 Å². The van der Waals surface area contributed by atoms with Gasteiger partial charge in [0.15, 0.2) is 0 Å². The lowest BCUT2D eigenvalue weighted by Gasteiger charge is -2.05. The van der Waals surface area contributed by atoms with E-state index in [2.05, 4.69) is 0 Å². The zero-order chi connectivity index (χ0) is 9.68. The highest BCUT2D eigenvalue weighted by Gasteiger charge is 2.04. The van der Waals surface area contributed by atoms with Crippen molar-refractivity contribution in [1.29, 1.82) is 0 Å². The molecule has 0 bridgehead atoms. The molecule has 0 aliphatic rings. The summed E-state index contributed by atoms with van der Waals surface area (Å²) in [6.45, 7) is 2.04. The van der Waals surface area contributed by atoms with Gasteiger partial charge in [-0.05, 0) is 17.5 Å². The molecule has 0 aromatic heterocycles. The highest BCUT2D eigenvalue weighted by Crippen LogP contribution is 2.09. The lowest BCUT2D eigenvalue weighted by molar-refractivity contribution is -0.128. The maximum absolute atomic E-state index is 10.9. The third-order valence-corrected chi connectivity index (χ3v) is 1.97. The summed E-state index contributed by atoms with van der Waals surface area (Å²) in [5.74, 6) is -0.374. The van der Waals surface area contributed by atoms with E-state index in [1.165, 1.54) is 0 Å². The van der Waals surface area contributed by atoms with Crippen LogP contribution in [0.25, 0.3) is 0 Å². The van der Waals surface area contributed by atoms with E-state index in [9.17, 15) is 4.79 Å². The second kappa shape index (κ2) is 4.62. The average Bonchev–Trinajstić information content (AvgIpc) is 2.18. The van der Waals surface area contributed by atoms with Crippen LogP contribution in [-0.4, -0.2) is 11.1 Å². The highest BCUT2D eigenvalue weighted by molar-refractivity contribution is 5.77. The largest absolute Gasteiger partial charge is 0.289 e. The van der Waals surface area contributed by atoms with Crippen LogP contribution < -0.4 is 5.48 Å². The van der Waals surface area contributed by atoms with Crippen molar-refractivity contribution >= 4 is 5.91 Å². The van der Waals surface area contributed by atoms with Crippen molar-refractivity contribution < 1.29 is 10.0 Å². The number of carbonyl (C=O) groups excluding carboxylic acids is 1. The molecule has 0 aliphatic carbocycles. The van der Waals surface area contributed by atoms with Crippen molar-refractivity contribution in [2.45, 2.75) is 19.8 Å². The third-order valence-electron chi connectivity index (χ3n) is 1.97. The molecular weight excluding hydrogens is 166 g/mol. The van der Waals surface area contributed by atoms with Gasteiger partial charge in [-0.15, -0.1) is 0 Å². The fourth-order valence-electron chi connectivity index (χ4n) is 1.29. The molecule has 1 rings (SSSR count). The SMILES string of the molecule is CCc1ccccc1CC(=O)NO. The summed E-state index contributed by atoms with van der Waals surface area (Å²) in [7, 11) is 0. The van der Waals surface area contributed by atoms with E-state index in [0.29, 0.717) is 0 Å². The first-order chi connectivity index (χ1) is 6.27. The lowest BCUT2D eigenvalue weighted by atomic mass is 10.0. The Kier molecular flexibility index (Phi) is 3.46. The molecule has 0 spiro atoms. The second-order valence-electron chi connectivity index (χ2n) is 2.83. The van der Waals surface area contributed by atoms with Crippen LogP contribution >= 0.6 is 0 Å². The van der Waals surface area contributed by atoms with Gasteiger partial charge >= 0.3 is 0 Å². The molecule has 13 heavy (non-hydrogen) atoms. The summed E-state index contributed by atoms with van der Waals surface area (Å²) < 4.78 is 0. The third kappa shape index (κ3) is 2.56. The minimum atomic E-state index is -0.374. The van der Waals surface area contributed by atoms with Crippen LogP contribution in [0.2, 0.25) is 0 Å². The van der Waals surface area contributed by atoms with Crippen LogP contribution in [0.3, 0.4) is 0 Å². The Morgan fingerprint density at radius 3 is 2.54 bits per heavy atom. The molecule has 3 nitrogen and oxygen atoms in total. The van der Waals surface area contributed by atoms with Crippen LogP contribution in [0, 0.1) is 0 Å². The fourth-order valence-corrected chi connectivity index (χ4v) is 1.29. The van der Waals surface area contributed by atoms with Crippen LogP contribution in [0.1, 0.15) is 18.1 Å². The molecule has 1 amide bonds. The number of hydrogen-bond acceptors (Lipinski definition) is 2. The van der Waals surface area contributed by atoms with Crippen LogP contribution in [0.15, 0.2) is 24.3 Å². The van der Waals surface area contributed by atoms with Crippen LogP contribution in [0.4, 0.5) is 0 Å². The van der Waals surface area contributed by atoms with Gasteiger partial charge in [-0.1, -0.05) is 31.2 Å². The molecule has 2 N–H and O–H groups in total. The van der Waals surface area contributed by atoms with E-state index in [0.717, 1.165) is 17.5 Å². The lowest BCUT2D eigenvalue weighted by Crippen LogP contribution is -2.21. The maximum atomic E-state index is 10.9. The number of amides is 1. The van der Waals surface area contributed by atoms with E-state index in [4.69, 9.17) is 5.21 Å². The van der Waals surface area contributed by atoms with Gasteiger partial charge < -0.3 is 0 Å². The normalized spacial score (nSPS) is 9.69. The Balaban J connectivity index is 2.81. The van der Waals surface area contributed by atoms with Crippen molar-refractivity contribution in [2.75, 3.05) is 0 Å². The number of nitrogens with one attached hydrogen (secondary N) is 1. The fraction of sp³-hybridized carbons (Fsp3) is 0.300. The van der Waals surface area contributed by atoms with Gasteiger partial charge in [0.05, 0.1) is 6.42 Å². The summed E-state index contributed by atoms with van der Waals surface area (Å²) in [4.78, 5) is 10.9. The summed E-state index contributed by atoms with van der Waals surface area (Å²) >= 11 is 0. The number of carbonyl (C=O) groups is 1. The molecule has 0 atom stereocenters. The van der Waals surface area contributed by atoms with Crippen molar-refractivity contribution in [3.63, 3.8) is 0 Å². The standard InChI is InChI=1S/C10H13NO2/c1-2-8-5-3-4-6-9(8)7-10(12)11-13/h3-6,13H,2,7H2,1H3,(H,11,12). The summed E-state index contributed by atoms with van der Waals surface area (Å²) in [5.41, 5.74) is 3.74. The van der Waals surface area contributed by atoms with Gasteiger partial charge in [-0.2, -0.15) is 0 Å². The molecule has 1 aromatic rings. The average molecular weight is 179 g/mol. The molecule has 3 heteroatoms. The molecule has 0 radical (unpaired) electrons. The van der Waals surface area contributed by atoms with Crippen LogP contribution in [0.5, 0.6) is 0 Å². The molecule has 0 fully saturated rings. The predicted molar refractivity (Wildman–Crippen MR) is 49.5 cm³/mol. The van der Waals surface area contributed by atoms with E-state index < -0.39 is 0 Å². The van der Waals surface area contributed by atoms with E-state index >= 15 is 0 Å². The van der Waals surface area contributed by atoms with Crippen LogP contribution in [-0.2, 0) is 17.6 Å². The first-order valence-electron chi connectivity index (χ1n) is 4.27. The van der Waals surface area contributed by atoms with Crippen molar-refractivity contribution in [3.05, 3.63) is 35.4 Å². The topological polar surface area (TPSA) is 49.3 Å². The number of hydrogen-bond donors (Lipinski definition) is 2. The minimum Gasteiger partial charge on any atom is -0.289 e. The molecule has 0 saturated heterocycles. The minimum absolute atomic E-state index is 0.237.